The summed E-state index contributed by atoms with van der Waals surface area (Å²) in [5.74, 6) is 0.475. The van der Waals surface area contributed by atoms with E-state index in [0.717, 1.165) is 0 Å². The Balaban J connectivity index is 2.23. The van der Waals surface area contributed by atoms with Gasteiger partial charge in [-0.15, -0.1) is 0 Å². The molecule has 2 heterocycles. The Morgan fingerprint density at radius 2 is 2.09 bits per heavy atom. The highest BCUT2D eigenvalue weighted by molar-refractivity contribution is 7.08. The fraction of sp³-hybridized carbons (Fsp3) is 0.111. The number of hydrogen-bond donors (Lipinski definition) is 1. The number of thiophene rings is 1. The molecule has 0 unspecified atom stereocenters. The molecule has 1 aromatic heterocycles. The third kappa shape index (κ3) is 1.35. The summed E-state index contributed by atoms with van der Waals surface area (Å²) in [6, 6.07) is 2.16. The maximum Gasteiger partial charge on any atom is 0.0241 e. The molecule has 11 heavy (non-hydrogen) atoms. The van der Waals surface area contributed by atoms with E-state index >= 15 is 0 Å². The second-order valence-corrected chi connectivity index (χ2v) is 3.25. The van der Waals surface area contributed by atoms with Gasteiger partial charge in [0.25, 0.3) is 0 Å². The number of rotatable bonds is 1. The molecule has 0 radical (unpaired) electrons. The molecular formula is C9H9NS. The van der Waals surface area contributed by atoms with Crippen molar-refractivity contribution >= 4 is 11.3 Å². The highest BCUT2D eigenvalue weighted by Gasteiger charge is 2.05. The predicted molar refractivity (Wildman–Crippen MR) is 48.5 cm³/mol. The molecule has 0 aliphatic carbocycles. The first kappa shape index (κ1) is 6.68. The topological polar surface area (TPSA) is 12.0 Å². The van der Waals surface area contributed by atoms with Crippen molar-refractivity contribution in [1.82, 2.24) is 5.32 Å². The van der Waals surface area contributed by atoms with Gasteiger partial charge in [0.1, 0.15) is 0 Å². The van der Waals surface area contributed by atoms with Crippen LogP contribution in [-0.4, -0.2) is 0 Å². The van der Waals surface area contributed by atoms with Crippen LogP contribution in [0.4, 0.5) is 0 Å². The lowest BCUT2D eigenvalue weighted by Gasteiger charge is -2.08. The van der Waals surface area contributed by atoms with Crippen LogP contribution in [0.5, 0.6) is 0 Å². The Morgan fingerprint density at radius 3 is 2.73 bits per heavy atom. The Kier molecular flexibility index (Phi) is 1.78. The largest absolute Gasteiger partial charge is 0.368 e. The molecule has 1 aliphatic rings. The van der Waals surface area contributed by atoms with E-state index in [4.69, 9.17) is 0 Å². The minimum Gasteiger partial charge on any atom is -0.368 e. The molecule has 2 heteroatoms. The van der Waals surface area contributed by atoms with Crippen molar-refractivity contribution in [3.63, 3.8) is 0 Å². The summed E-state index contributed by atoms with van der Waals surface area (Å²) in [6.07, 6.45) is 8.26. The normalized spacial score (nSPS) is 16.7. The third-order valence-corrected chi connectivity index (χ3v) is 2.43. The third-order valence-electron chi connectivity index (χ3n) is 1.73. The lowest BCUT2D eigenvalue weighted by atomic mass is 10.0. The van der Waals surface area contributed by atoms with Crippen LogP contribution >= 0.6 is 11.3 Å². The van der Waals surface area contributed by atoms with E-state index in [1.807, 2.05) is 12.4 Å². The van der Waals surface area contributed by atoms with Crippen LogP contribution in [-0.2, 0) is 0 Å². The van der Waals surface area contributed by atoms with Crippen molar-refractivity contribution in [3.05, 3.63) is 46.9 Å². The zero-order chi connectivity index (χ0) is 7.52. The molecule has 0 atom stereocenters. The first-order valence-electron chi connectivity index (χ1n) is 3.58. The van der Waals surface area contributed by atoms with Crippen molar-refractivity contribution in [2.75, 3.05) is 0 Å². The van der Waals surface area contributed by atoms with E-state index in [9.17, 15) is 0 Å². The van der Waals surface area contributed by atoms with Crippen LogP contribution in [0.25, 0.3) is 0 Å². The standard InChI is InChI=1S/C9H9NS/c1-4-10-5-2-8(1)9-3-6-11-7-9/h1-8,10H. The molecule has 1 N–H and O–H groups in total. The Bertz CT molecular complexity index is 260. The van der Waals surface area contributed by atoms with Crippen molar-refractivity contribution in [3.8, 4) is 0 Å². The van der Waals surface area contributed by atoms with E-state index in [0.29, 0.717) is 5.92 Å². The molecule has 0 amide bonds. The van der Waals surface area contributed by atoms with Gasteiger partial charge in [-0.1, -0.05) is 12.2 Å². The quantitative estimate of drug-likeness (QED) is 0.670. The molecule has 0 aromatic carbocycles. The summed E-state index contributed by atoms with van der Waals surface area (Å²) in [7, 11) is 0. The van der Waals surface area contributed by atoms with E-state index < -0.39 is 0 Å². The number of hydrogen-bond acceptors (Lipinski definition) is 2. The zero-order valence-corrected chi connectivity index (χ0v) is 6.84. The van der Waals surface area contributed by atoms with Crippen LogP contribution in [0.2, 0.25) is 0 Å². The van der Waals surface area contributed by atoms with Crippen LogP contribution in [0.1, 0.15) is 11.5 Å². The molecule has 0 bridgehead atoms. The summed E-state index contributed by atoms with van der Waals surface area (Å²) < 4.78 is 0. The van der Waals surface area contributed by atoms with Gasteiger partial charge in [0.2, 0.25) is 0 Å². The molecule has 0 saturated heterocycles. The van der Waals surface area contributed by atoms with E-state index in [1.165, 1.54) is 5.56 Å². The molecular weight excluding hydrogens is 154 g/mol. The van der Waals surface area contributed by atoms with Crippen molar-refractivity contribution < 1.29 is 0 Å². The van der Waals surface area contributed by atoms with Gasteiger partial charge in [0, 0.05) is 5.92 Å². The fourth-order valence-electron chi connectivity index (χ4n) is 1.13. The lowest BCUT2D eigenvalue weighted by molar-refractivity contribution is 1.00. The van der Waals surface area contributed by atoms with Crippen molar-refractivity contribution in [1.29, 1.82) is 0 Å². The second-order valence-electron chi connectivity index (χ2n) is 2.47. The van der Waals surface area contributed by atoms with E-state index in [2.05, 4.69) is 34.3 Å². The molecule has 1 nitrogen and oxygen atoms in total. The summed E-state index contributed by atoms with van der Waals surface area (Å²) in [5, 5.41) is 7.31. The first-order chi connectivity index (χ1) is 5.47. The minimum absolute atomic E-state index is 0.475. The van der Waals surface area contributed by atoms with Gasteiger partial charge in [0.15, 0.2) is 0 Å². The summed E-state index contributed by atoms with van der Waals surface area (Å²) in [4.78, 5) is 0. The molecule has 1 aromatic rings. The van der Waals surface area contributed by atoms with Gasteiger partial charge in [-0.05, 0) is 34.8 Å². The monoisotopic (exact) mass is 163 g/mol. The van der Waals surface area contributed by atoms with Crippen LogP contribution in [0.15, 0.2) is 41.4 Å². The smallest absolute Gasteiger partial charge is 0.0241 e. The molecule has 0 saturated carbocycles. The molecule has 56 valence electrons. The van der Waals surface area contributed by atoms with Crippen LogP contribution in [0, 0.1) is 0 Å². The van der Waals surface area contributed by atoms with Gasteiger partial charge < -0.3 is 5.32 Å². The highest BCUT2D eigenvalue weighted by atomic mass is 32.1. The van der Waals surface area contributed by atoms with Gasteiger partial charge >= 0.3 is 0 Å². The average molecular weight is 163 g/mol. The van der Waals surface area contributed by atoms with Gasteiger partial charge in [-0.3, -0.25) is 0 Å². The maximum absolute atomic E-state index is 3.02. The molecule has 2 rings (SSSR count). The van der Waals surface area contributed by atoms with Crippen molar-refractivity contribution in [2.24, 2.45) is 0 Å². The van der Waals surface area contributed by atoms with E-state index in [-0.39, 0.29) is 0 Å². The minimum atomic E-state index is 0.475. The van der Waals surface area contributed by atoms with Gasteiger partial charge in [-0.2, -0.15) is 11.3 Å². The van der Waals surface area contributed by atoms with Gasteiger partial charge in [-0.25, -0.2) is 0 Å². The van der Waals surface area contributed by atoms with Crippen molar-refractivity contribution in [2.45, 2.75) is 5.92 Å². The van der Waals surface area contributed by atoms with Crippen LogP contribution in [0.3, 0.4) is 0 Å². The fourth-order valence-corrected chi connectivity index (χ4v) is 1.83. The van der Waals surface area contributed by atoms with Crippen LogP contribution < -0.4 is 5.32 Å². The molecule has 0 spiro atoms. The zero-order valence-electron chi connectivity index (χ0n) is 6.03. The summed E-state index contributed by atoms with van der Waals surface area (Å²) in [6.45, 7) is 0. The molecule has 0 fully saturated rings. The first-order valence-corrected chi connectivity index (χ1v) is 4.52. The number of nitrogens with one attached hydrogen (secondary N) is 1. The Hall–Kier alpha value is -1.02. The molecule has 1 aliphatic heterocycles. The highest BCUT2D eigenvalue weighted by Crippen LogP contribution is 2.22. The Morgan fingerprint density at radius 1 is 1.27 bits per heavy atom. The second kappa shape index (κ2) is 2.93. The SMILES string of the molecule is C1=CC(c2ccsc2)C=CN1. The lowest BCUT2D eigenvalue weighted by Crippen LogP contribution is -2.01. The Labute approximate surface area is 70.1 Å². The number of dihydropyridines is 1. The predicted octanol–water partition coefficient (Wildman–Crippen LogP) is 2.46. The average Bonchev–Trinajstić information content (AvgIpc) is 2.58. The number of allylic oxidation sites excluding steroid dienone is 2. The summed E-state index contributed by atoms with van der Waals surface area (Å²) >= 11 is 1.75. The maximum atomic E-state index is 3.02. The van der Waals surface area contributed by atoms with Gasteiger partial charge in [0.05, 0.1) is 0 Å². The summed E-state index contributed by atoms with van der Waals surface area (Å²) in [5.41, 5.74) is 1.38. The van der Waals surface area contributed by atoms with E-state index in [1.54, 1.807) is 11.3 Å².